The molecule has 0 atom stereocenters. The molecule has 0 N–H and O–H groups in total. The molecular weight excluding hydrogens is 238 g/mol. The van der Waals surface area contributed by atoms with Gasteiger partial charge in [0.25, 0.3) is 0 Å². The summed E-state index contributed by atoms with van der Waals surface area (Å²) < 4.78 is 27.7. The third-order valence-electron chi connectivity index (χ3n) is 2.67. The molecule has 0 spiro atoms. The highest BCUT2D eigenvalue weighted by atomic mass is 19.1. The number of benzene rings is 1. The van der Waals surface area contributed by atoms with Crippen molar-refractivity contribution in [1.29, 1.82) is 0 Å². The third kappa shape index (κ3) is 2.45. The number of halogens is 2. The van der Waals surface area contributed by atoms with Gasteiger partial charge >= 0.3 is 0 Å². The number of aromatic nitrogens is 2. The normalized spacial score (nSPS) is 10.6. The van der Waals surface area contributed by atoms with Crippen LogP contribution in [0.3, 0.4) is 0 Å². The molecule has 0 aliphatic heterocycles. The van der Waals surface area contributed by atoms with Gasteiger partial charge in [0.2, 0.25) is 0 Å². The second-order valence-corrected chi connectivity index (χ2v) is 3.87. The van der Waals surface area contributed by atoms with Crippen LogP contribution in [-0.4, -0.2) is 15.6 Å². The molecule has 0 saturated carbocycles. The van der Waals surface area contributed by atoms with Crippen LogP contribution >= 0.6 is 0 Å². The summed E-state index contributed by atoms with van der Waals surface area (Å²) in [6, 6.07) is 4.80. The summed E-state index contributed by atoms with van der Waals surface area (Å²) in [4.78, 5) is 12.0. The smallest absolute Gasteiger partial charge is 0.185 e. The van der Waals surface area contributed by atoms with Crippen LogP contribution in [0.1, 0.15) is 23.0 Å². The summed E-state index contributed by atoms with van der Waals surface area (Å²) in [5, 5.41) is 3.98. The fourth-order valence-electron chi connectivity index (χ4n) is 1.75. The number of carbonyl (C=O) groups excluding carboxylic acids is 1. The maximum absolute atomic E-state index is 13.4. The molecule has 1 aromatic heterocycles. The molecule has 1 heterocycles. The van der Waals surface area contributed by atoms with Crippen molar-refractivity contribution >= 4 is 5.78 Å². The number of carbonyl (C=O) groups is 1. The van der Waals surface area contributed by atoms with Crippen LogP contribution in [0.5, 0.6) is 0 Å². The Morgan fingerprint density at radius 3 is 2.78 bits per heavy atom. The molecule has 0 bridgehead atoms. The van der Waals surface area contributed by atoms with E-state index in [0.717, 1.165) is 12.1 Å². The fraction of sp³-hybridized carbons (Fsp3) is 0.231. The molecule has 0 radical (unpaired) electrons. The summed E-state index contributed by atoms with van der Waals surface area (Å²) in [5.74, 6) is -1.59. The van der Waals surface area contributed by atoms with Crippen molar-refractivity contribution in [3.8, 4) is 0 Å². The van der Waals surface area contributed by atoms with E-state index >= 15 is 0 Å². The first-order chi connectivity index (χ1) is 8.61. The maximum Gasteiger partial charge on any atom is 0.185 e. The lowest BCUT2D eigenvalue weighted by molar-refractivity contribution is 0.0981. The monoisotopic (exact) mass is 250 g/mol. The molecule has 1 aromatic carbocycles. The summed E-state index contributed by atoms with van der Waals surface area (Å²) >= 11 is 0. The van der Waals surface area contributed by atoms with E-state index < -0.39 is 11.6 Å². The van der Waals surface area contributed by atoms with Crippen LogP contribution < -0.4 is 0 Å². The van der Waals surface area contributed by atoms with Crippen molar-refractivity contribution in [2.45, 2.75) is 19.9 Å². The number of Topliss-reactive ketones (excluding diaryl/α,β-unsaturated/α-hetero) is 1. The lowest BCUT2D eigenvalue weighted by atomic mass is 10.1. The van der Waals surface area contributed by atoms with E-state index in [-0.39, 0.29) is 17.8 Å². The van der Waals surface area contributed by atoms with Gasteiger partial charge < -0.3 is 0 Å². The molecule has 2 aromatic rings. The first kappa shape index (κ1) is 12.4. The second-order valence-electron chi connectivity index (χ2n) is 3.87. The Hall–Kier alpha value is -2.04. The summed E-state index contributed by atoms with van der Waals surface area (Å²) in [6.07, 6.45) is 1.43. The highest BCUT2D eigenvalue weighted by Crippen LogP contribution is 2.13. The van der Waals surface area contributed by atoms with Gasteiger partial charge in [0, 0.05) is 25.2 Å². The zero-order valence-electron chi connectivity index (χ0n) is 9.86. The Morgan fingerprint density at radius 2 is 2.11 bits per heavy atom. The average molecular weight is 250 g/mol. The summed E-state index contributed by atoms with van der Waals surface area (Å²) in [5.41, 5.74) is 0.617. The number of ketones is 1. The third-order valence-corrected chi connectivity index (χ3v) is 2.67. The van der Waals surface area contributed by atoms with Crippen molar-refractivity contribution in [3.05, 3.63) is 53.4 Å². The van der Waals surface area contributed by atoms with Crippen molar-refractivity contribution in [3.63, 3.8) is 0 Å². The van der Waals surface area contributed by atoms with Gasteiger partial charge in [-0.15, -0.1) is 0 Å². The molecule has 3 nitrogen and oxygen atoms in total. The maximum atomic E-state index is 13.4. The SMILES string of the molecule is CCn1nccc1C(=O)Cc1ccc(F)cc1F. The van der Waals surface area contributed by atoms with Gasteiger partial charge in [-0.25, -0.2) is 8.78 Å². The summed E-state index contributed by atoms with van der Waals surface area (Å²) in [6.45, 7) is 2.43. The van der Waals surface area contributed by atoms with Crippen LogP contribution in [0, 0.1) is 11.6 Å². The largest absolute Gasteiger partial charge is 0.292 e. The number of hydrogen-bond acceptors (Lipinski definition) is 2. The Kier molecular flexibility index (Phi) is 3.50. The van der Waals surface area contributed by atoms with E-state index in [1.54, 1.807) is 10.7 Å². The number of rotatable bonds is 4. The molecule has 0 aliphatic carbocycles. The van der Waals surface area contributed by atoms with E-state index in [0.29, 0.717) is 12.2 Å². The van der Waals surface area contributed by atoms with Gasteiger partial charge in [0.1, 0.15) is 17.3 Å². The quantitative estimate of drug-likeness (QED) is 0.782. The predicted octanol–water partition coefficient (Wildman–Crippen LogP) is 2.61. The lowest BCUT2D eigenvalue weighted by Gasteiger charge is -2.05. The van der Waals surface area contributed by atoms with Crippen molar-refractivity contribution in [1.82, 2.24) is 9.78 Å². The van der Waals surface area contributed by atoms with E-state index in [1.165, 1.54) is 12.3 Å². The predicted molar refractivity (Wildman–Crippen MR) is 62.3 cm³/mol. The molecule has 94 valence electrons. The zero-order valence-corrected chi connectivity index (χ0v) is 9.86. The van der Waals surface area contributed by atoms with E-state index in [9.17, 15) is 13.6 Å². The van der Waals surface area contributed by atoms with Gasteiger partial charge in [-0.2, -0.15) is 5.10 Å². The molecule has 0 amide bonds. The van der Waals surface area contributed by atoms with Crippen LogP contribution in [0.4, 0.5) is 8.78 Å². The topological polar surface area (TPSA) is 34.9 Å². The minimum Gasteiger partial charge on any atom is -0.292 e. The van der Waals surface area contributed by atoms with Crippen LogP contribution in [0.2, 0.25) is 0 Å². The Bertz CT molecular complexity index is 578. The van der Waals surface area contributed by atoms with Crippen molar-refractivity contribution in [2.24, 2.45) is 0 Å². The molecular formula is C13H12F2N2O. The second kappa shape index (κ2) is 5.08. The standard InChI is InChI=1S/C13H12F2N2O/c1-2-17-12(5-6-16-17)13(18)7-9-3-4-10(14)8-11(9)15/h3-6,8H,2,7H2,1H3. The van der Waals surface area contributed by atoms with Gasteiger partial charge in [0.05, 0.1) is 0 Å². The van der Waals surface area contributed by atoms with E-state index in [1.807, 2.05) is 6.92 Å². The lowest BCUT2D eigenvalue weighted by Crippen LogP contribution is -2.12. The van der Waals surface area contributed by atoms with Crippen LogP contribution in [0.15, 0.2) is 30.5 Å². The molecule has 2 rings (SSSR count). The van der Waals surface area contributed by atoms with Crippen LogP contribution in [-0.2, 0) is 13.0 Å². The Balaban J connectivity index is 2.21. The van der Waals surface area contributed by atoms with Gasteiger partial charge in [0.15, 0.2) is 5.78 Å². The molecule has 18 heavy (non-hydrogen) atoms. The highest BCUT2D eigenvalue weighted by molar-refractivity contribution is 5.95. The molecule has 5 heteroatoms. The fourth-order valence-corrected chi connectivity index (χ4v) is 1.75. The van der Waals surface area contributed by atoms with Crippen molar-refractivity contribution in [2.75, 3.05) is 0 Å². The van der Waals surface area contributed by atoms with Gasteiger partial charge in [-0.3, -0.25) is 9.48 Å². The van der Waals surface area contributed by atoms with Crippen molar-refractivity contribution < 1.29 is 13.6 Å². The minimum absolute atomic E-state index is 0.0994. The number of aryl methyl sites for hydroxylation is 1. The van der Waals surface area contributed by atoms with Gasteiger partial charge in [-0.05, 0) is 24.6 Å². The molecule has 0 saturated heterocycles. The molecule has 0 aliphatic rings. The van der Waals surface area contributed by atoms with E-state index in [2.05, 4.69) is 5.10 Å². The first-order valence-electron chi connectivity index (χ1n) is 5.60. The Morgan fingerprint density at radius 1 is 1.33 bits per heavy atom. The molecule has 0 fully saturated rings. The van der Waals surface area contributed by atoms with Gasteiger partial charge in [-0.1, -0.05) is 6.07 Å². The Labute approximate surface area is 103 Å². The van der Waals surface area contributed by atoms with Crippen LogP contribution in [0.25, 0.3) is 0 Å². The molecule has 0 unspecified atom stereocenters. The van der Waals surface area contributed by atoms with E-state index in [4.69, 9.17) is 0 Å². The minimum atomic E-state index is -0.703. The summed E-state index contributed by atoms with van der Waals surface area (Å²) in [7, 11) is 0. The highest BCUT2D eigenvalue weighted by Gasteiger charge is 2.14. The zero-order chi connectivity index (χ0) is 13.1. The first-order valence-corrected chi connectivity index (χ1v) is 5.60. The average Bonchev–Trinajstić information content (AvgIpc) is 2.81. The number of nitrogens with zero attached hydrogens (tertiary/aromatic N) is 2. The number of hydrogen-bond donors (Lipinski definition) is 0.